The summed E-state index contributed by atoms with van der Waals surface area (Å²) in [6.07, 6.45) is 1.07. The number of rotatable bonds is 2. The summed E-state index contributed by atoms with van der Waals surface area (Å²) in [6.45, 7) is 4.78. The first kappa shape index (κ1) is 11.3. The lowest BCUT2D eigenvalue weighted by molar-refractivity contribution is -0.150. The molecule has 16 heavy (non-hydrogen) atoms. The Balaban J connectivity index is 2.39. The second-order valence-electron chi connectivity index (χ2n) is 4.72. The summed E-state index contributed by atoms with van der Waals surface area (Å²) < 4.78 is 5.96. The van der Waals surface area contributed by atoms with Crippen LogP contribution in [0.4, 0.5) is 0 Å². The van der Waals surface area contributed by atoms with Gasteiger partial charge in [-0.2, -0.15) is 0 Å². The van der Waals surface area contributed by atoms with Crippen LogP contribution >= 0.6 is 0 Å². The fraction of sp³-hybridized carbons (Fsp3) is 0.500. The van der Waals surface area contributed by atoms with Gasteiger partial charge in [0.2, 0.25) is 0 Å². The van der Waals surface area contributed by atoms with E-state index >= 15 is 0 Å². The van der Waals surface area contributed by atoms with Crippen molar-refractivity contribution >= 4 is 5.78 Å². The van der Waals surface area contributed by atoms with Crippen LogP contribution in [0.2, 0.25) is 0 Å². The van der Waals surface area contributed by atoms with Crippen LogP contribution in [0.25, 0.3) is 0 Å². The number of ketones is 1. The van der Waals surface area contributed by atoms with Crippen molar-refractivity contribution < 1.29 is 9.53 Å². The van der Waals surface area contributed by atoms with E-state index in [4.69, 9.17) is 4.74 Å². The summed E-state index contributed by atoms with van der Waals surface area (Å²) in [6, 6.07) is 10.1. The summed E-state index contributed by atoms with van der Waals surface area (Å²) in [5, 5.41) is 0. The van der Waals surface area contributed by atoms with Gasteiger partial charge in [-0.1, -0.05) is 44.2 Å². The first-order chi connectivity index (χ1) is 7.65. The third kappa shape index (κ3) is 1.90. The Morgan fingerprint density at radius 3 is 2.50 bits per heavy atom. The molecule has 0 aliphatic carbocycles. The van der Waals surface area contributed by atoms with E-state index in [2.05, 4.69) is 26.0 Å². The number of carbonyl (C=O) groups excluding carboxylic acids is 1. The van der Waals surface area contributed by atoms with Crippen molar-refractivity contribution in [3.05, 3.63) is 35.9 Å². The molecule has 0 N–H and O–H groups in total. The maximum absolute atomic E-state index is 11.7. The molecule has 0 bridgehead atoms. The van der Waals surface area contributed by atoms with Crippen molar-refractivity contribution in [2.24, 2.45) is 5.92 Å². The molecule has 1 atom stereocenters. The van der Waals surface area contributed by atoms with E-state index in [0.29, 0.717) is 31.1 Å². The van der Waals surface area contributed by atoms with Crippen LogP contribution in [-0.4, -0.2) is 12.4 Å². The summed E-state index contributed by atoms with van der Waals surface area (Å²) in [7, 11) is 0. The van der Waals surface area contributed by atoms with Crippen molar-refractivity contribution in [3.63, 3.8) is 0 Å². The molecule has 2 nitrogen and oxygen atoms in total. The van der Waals surface area contributed by atoms with Crippen LogP contribution in [0.3, 0.4) is 0 Å². The first-order valence-electron chi connectivity index (χ1n) is 5.86. The van der Waals surface area contributed by atoms with E-state index in [0.717, 1.165) is 5.56 Å². The molecule has 1 aliphatic rings. The Bertz CT molecular complexity index is 370. The van der Waals surface area contributed by atoms with Crippen molar-refractivity contribution in [2.75, 3.05) is 6.61 Å². The molecule has 1 aromatic rings. The number of ether oxygens (including phenoxy) is 1. The van der Waals surface area contributed by atoms with E-state index in [1.165, 1.54) is 0 Å². The highest BCUT2D eigenvalue weighted by molar-refractivity contribution is 5.80. The van der Waals surface area contributed by atoms with E-state index in [1.54, 1.807) is 0 Å². The number of benzene rings is 1. The Kier molecular flexibility index (Phi) is 3.10. The Morgan fingerprint density at radius 1 is 1.25 bits per heavy atom. The molecule has 1 saturated heterocycles. The Labute approximate surface area is 96.6 Å². The van der Waals surface area contributed by atoms with Gasteiger partial charge >= 0.3 is 0 Å². The highest BCUT2D eigenvalue weighted by Gasteiger charge is 2.41. The lowest BCUT2D eigenvalue weighted by Gasteiger charge is -2.40. The van der Waals surface area contributed by atoms with Gasteiger partial charge in [-0.25, -0.2) is 0 Å². The predicted molar refractivity (Wildman–Crippen MR) is 63.2 cm³/mol. The van der Waals surface area contributed by atoms with Gasteiger partial charge in [-0.3, -0.25) is 4.79 Å². The Morgan fingerprint density at radius 2 is 1.94 bits per heavy atom. The number of carbonyl (C=O) groups is 1. The minimum atomic E-state index is -0.406. The zero-order chi connectivity index (χ0) is 11.6. The van der Waals surface area contributed by atoms with Crippen molar-refractivity contribution in [2.45, 2.75) is 32.3 Å². The van der Waals surface area contributed by atoms with E-state index < -0.39 is 5.60 Å². The number of Topliss-reactive ketones (excluding diaryl/α,β-unsaturated/α-hetero) is 1. The topological polar surface area (TPSA) is 26.3 Å². The molecule has 86 valence electrons. The van der Waals surface area contributed by atoms with E-state index in [1.807, 2.05) is 18.2 Å². The number of hydrogen-bond donors (Lipinski definition) is 0. The molecule has 2 heteroatoms. The molecular weight excluding hydrogens is 200 g/mol. The standard InChI is InChI=1S/C14H18O2/c1-11(2)14(10-13(15)8-9-16-14)12-6-4-3-5-7-12/h3-7,11H,8-10H2,1-2H3. The third-order valence-corrected chi connectivity index (χ3v) is 3.40. The Hall–Kier alpha value is -1.15. The quantitative estimate of drug-likeness (QED) is 0.763. The van der Waals surface area contributed by atoms with E-state index in [-0.39, 0.29) is 0 Å². The minimum Gasteiger partial charge on any atom is -0.369 e. The minimum absolute atomic E-state index is 0.305. The van der Waals surface area contributed by atoms with Crippen molar-refractivity contribution in [1.29, 1.82) is 0 Å². The summed E-state index contributed by atoms with van der Waals surface area (Å²) >= 11 is 0. The fourth-order valence-electron chi connectivity index (χ4n) is 2.39. The molecule has 0 radical (unpaired) electrons. The summed E-state index contributed by atoms with van der Waals surface area (Å²) in [4.78, 5) is 11.7. The predicted octanol–water partition coefficient (Wildman–Crippen LogP) is 2.92. The van der Waals surface area contributed by atoms with Crippen LogP contribution in [0, 0.1) is 5.92 Å². The molecular formula is C14H18O2. The lowest BCUT2D eigenvalue weighted by atomic mass is 9.77. The highest BCUT2D eigenvalue weighted by Crippen LogP contribution is 2.39. The van der Waals surface area contributed by atoms with Crippen LogP contribution in [0.15, 0.2) is 30.3 Å². The molecule has 1 fully saturated rings. The van der Waals surface area contributed by atoms with Gasteiger partial charge < -0.3 is 4.74 Å². The largest absolute Gasteiger partial charge is 0.369 e. The van der Waals surface area contributed by atoms with Gasteiger partial charge in [0.05, 0.1) is 6.61 Å². The third-order valence-electron chi connectivity index (χ3n) is 3.40. The molecule has 0 aromatic heterocycles. The molecule has 2 rings (SSSR count). The van der Waals surface area contributed by atoms with Crippen LogP contribution < -0.4 is 0 Å². The highest BCUT2D eigenvalue weighted by atomic mass is 16.5. The SMILES string of the molecule is CC(C)C1(c2ccccc2)CC(=O)CCO1. The lowest BCUT2D eigenvalue weighted by Crippen LogP contribution is -2.42. The second-order valence-corrected chi connectivity index (χ2v) is 4.72. The zero-order valence-corrected chi connectivity index (χ0v) is 9.90. The van der Waals surface area contributed by atoms with Crippen molar-refractivity contribution in [3.8, 4) is 0 Å². The average molecular weight is 218 g/mol. The molecule has 1 aliphatic heterocycles. The monoisotopic (exact) mass is 218 g/mol. The van der Waals surface area contributed by atoms with Gasteiger partial charge in [0.1, 0.15) is 11.4 Å². The van der Waals surface area contributed by atoms with E-state index in [9.17, 15) is 4.79 Å². The maximum Gasteiger partial charge on any atom is 0.138 e. The summed E-state index contributed by atoms with van der Waals surface area (Å²) in [5.74, 6) is 0.614. The maximum atomic E-state index is 11.7. The van der Waals surface area contributed by atoms with Gasteiger partial charge in [-0.05, 0) is 11.5 Å². The van der Waals surface area contributed by atoms with Crippen molar-refractivity contribution in [1.82, 2.24) is 0 Å². The van der Waals surface area contributed by atoms with Crippen LogP contribution in [0.1, 0.15) is 32.3 Å². The van der Waals surface area contributed by atoms with Gasteiger partial charge in [-0.15, -0.1) is 0 Å². The average Bonchev–Trinajstić information content (AvgIpc) is 2.30. The molecule has 0 amide bonds. The summed E-state index contributed by atoms with van der Waals surface area (Å²) in [5.41, 5.74) is 0.717. The van der Waals surface area contributed by atoms with Gasteiger partial charge in [0.15, 0.2) is 0 Å². The van der Waals surface area contributed by atoms with Crippen LogP contribution in [-0.2, 0) is 15.1 Å². The van der Waals surface area contributed by atoms with Gasteiger partial charge in [0.25, 0.3) is 0 Å². The van der Waals surface area contributed by atoms with Gasteiger partial charge in [0, 0.05) is 12.8 Å². The molecule has 0 spiro atoms. The smallest absolute Gasteiger partial charge is 0.138 e. The number of hydrogen-bond acceptors (Lipinski definition) is 2. The second kappa shape index (κ2) is 4.38. The zero-order valence-electron chi connectivity index (χ0n) is 9.90. The molecule has 1 aromatic carbocycles. The molecule has 1 unspecified atom stereocenters. The molecule has 0 saturated carbocycles. The fourth-order valence-corrected chi connectivity index (χ4v) is 2.39. The van der Waals surface area contributed by atoms with Crippen LogP contribution in [0.5, 0.6) is 0 Å². The first-order valence-corrected chi connectivity index (χ1v) is 5.86. The molecule has 1 heterocycles. The normalized spacial score (nSPS) is 26.1.